The number of hydrogen-bond acceptors (Lipinski definition) is 4. The van der Waals surface area contributed by atoms with Gasteiger partial charge >= 0.3 is 5.97 Å². The Bertz CT molecular complexity index is 667. The number of pyridine rings is 1. The van der Waals surface area contributed by atoms with Gasteiger partial charge in [0.2, 0.25) is 0 Å². The molecule has 24 heavy (non-hydrogen) atoms. The summed E-state index contributed by atoms with van der Waals surface area (Å²) in [6.07, 6.45) is 4.04. The van der Waals surface area contributed by atoms with Gasteiger partial charge in [-0.05, 0) is 42.7 Å². The SMILES string of the molecule is O=C(O)c1cccc(CN2CCC(OCc3ccccn3)CC2)c1. The standard InChI is InChI=1S/C19H22N2O3/c22-19(23)16-5-3-4-15(12-16)13-21-10-7-18(8-11-21)24-14-17-6-1-2-9-20-17/h1-6,9,12,18H,7-8,10-11,13-14H2,(H,22,23). The number of nitrogens with zero attached hydrogens (tertiary/aromatic N) is 2. The van der Waals surface area contributed by atoms with Gasteiger partial charge in [-0.1, -0.05) is 18.2 Å². The molecule has 1 saturated heterocycles. The maximum atomic E-state index is 11.0. The number of aromatic carboxylic acids is 1. The molecule has 5 nitrogen and oxygen atoms in total. The third-order valence-corrected chi connectivity index (χ3v) is 4.31. The fourth-order valence-electron chi connectivity index (χ4n) is 2.98. The quantitative estimate of drug-likeness (QED) is 0.884. The number of carboxylic acid groups (broad SMARTS) is 1. The van der Waals surface area contributed by atoms with E-state index in [1.54, 1.807) is 18.3 Å². The van der Waals surface area contributed by atoms with Crippen LogP contribution < -0.4 is 0 Å². The van der Waals surface area contributed by atoms with E-state index in [4.69, 9.17) is 9.84 Å². The Morgan fingerprint density at radius 1 is 1.21 bits per heavy atom. The van der Waals surface area contributed by atoms with Crippen molar-refractivity contribution in [3.05, 3.63) is 65.5 Å². The van der Waals surface area contributed by atoms with Crippen molar-refractivity contribution < 1.29 is 14.6 Å². The Kier molecular flexibility index (Phi) is 5.56. The van der Waals surface area contributed by atoms with E-state index in [1.165, 1.54) is 0 Å². The molecule has 0 bridgehead atoms. The van der Waals surface area contributed by atoms with Crippen LogP contribution in [0.25, 0.3) is 0 Å². The van der Waals surface area contributed by atoms with Crippen LogP contribution in [0, 0.1) is 0 Å². The second-order valence-electron chi connectivity index (χ2n) is 6.11. The van der Waals surface area contributed by atoms with Crippen LogP contribution in [0.2, 0.25) is 0 Å². The third kappa shape index (κ3) is 4.63. The van der Waals surface area contributed by atoms with E-state index in [1.807, 2.05) is 30.3 Å². The zero-order valence-electron chi connectivity index (χ0n) is 13.6. The van der Waals surface area contributed by atoms with Gasteiger partial charge in [-0.15, -0.1) is 0 Å². The number of rotatable bonds is 6. The van der Waals surface area contributed by atoms with E-state index in [2.05, 4.69) is 9.88 Å². The maximum Gasteiger partial charge on any atom is 0.335 e. The zero-order chi connectivity index (χ0) is 16.8. The first-order chi connectivity index (χ1) is 11.7. The molecule has 1 fully saturated rings. The van der Waals surface area contributed by atoms with Gasteiger partial charge in [-0.2, -0.15) is 0 Å². The smallest absolute Gasteiger partial charge is 0.335 e. The molecule has 0 saturated carbocycles. The minimum absolute atomic E-state index is 0.272. The summed E-state index contributed by atoms with van der Waals surface area (Å²) >= 11 is 0. The molecule has 0 unspecified atom stereocenters. The first-order valence-corrected chi connectivity index (χ1v) is 8.27. The molecule has 0 radical (unpaired) electrons. The minimum atomic E-state index is -0.876. The predicted molar refractivity (Wildman–Crippen MR) is 90.7 cm³/mol. The van der Waals surface area contributed by atoms with E-state index >= 15 is 0 Å². The Morgan fingerprint density at radius 3 is 2.75 bits per heavy atom. The first kappa shape index (κ1) is 16.6. The first-order valence-electron chi connectivity index (χ1n) is 8.27. The molecule has 126 valence electrons. The van der Waals surface area contributed by atoms with Gasteiger partial charge in [0.15, 0.2) is 0 Å². The predicted octanol–water partition coefficient (Wildman–Crippen LogP) is 2.96. The van der Waals surface area contributed by atoms with Gasteiger partial charge in [0.25, 0.3) is 0 Å². The number of aromatic nitrogens is 1. The third-order valence-electron chi connectivity index (χ3n) is 4.31. The highest BCUT2D eigenvalue weighted by molar-refractivity contribution is 5.87. The van der Waals surface area contributed by atoms with Crippen LogP contribution >= 0.6 is 0 Å². The van der Waals surface area contributed by atoms with Crippen molar-refractivity contribution in [3.63, 3.8) is 0 Å². The lowest BCUT2D eigenvalue weighted by Gasteiger charge is -2.31. The summed E-state index contributed by atoms with van der Waals surface area (Å²) in [6, 6.07) is 13.0. The highest BCUT2D eigenvalue weighted by Crippen LogP contribution is 2.18. The molecule has 1 aliphatic heterocycles. The second kappa shape index (κ2) is 8.04. The summed E-state index contributed by atoms with van der Waals surface area (Å²) in [7, 11) is 0. The molecule has 3 rings (SSSR count). The number of carbonyl (C=O) groups is 1. The van der Waals surface area contributed by atoms with Gasteiger partial charge in [0.05, 0.1) is 24.0 Å². The van der Waals surface area contributed by atoms with Gasteiger partial charge in [0.1, 0.15) is 0 Å². The molecule has 5 heteroatoms. The molecule has 1 N–H and O–H groups in total. The molecule has 0 atom stereocenters. The van der Waals surface area contributed by atoms with E-state index in [0.29, 0.717) is 12.2 Å². The fraction of sp³-hybridized carbons (Fsp3) is 0.368. The van der Waals surface area contributed by atoms with E-state index < -0.39 is 5.97 Å². The van der Waals surface area contributed by atoms with Crippen LogP contribution in [0.15, 0.2) is 48.7 Å². The Morgan fingerprint density at radius 2 is 2.04 bits per heavy atom. The normalized spacial score (nSPS) is 16.2. The Labute approximate surface area is 141 Å². The van der Waals surface area contributed by atoms with Crippen LogP contribution in [-0.4, -0.2) is 40.2 Å². The lowest BCUT2D eigenvalue weighted by molar-refractivity contribution is -0.00522. The maximum absolute atomic E-state index is 11.0. The minimum Gasteiger partial charge on any atom is -0.478 e. The molecule has 1 aliphatic rings. The fourth-order valence-corrected chi connectivity index (χ4v) is 2.98. The Hall–Kier alpha value is -2.24. The topological polar surface area (TPSA) is 62.7 Å². The van der Waals surface area contributed by atoms with Crippen LogP contribution in [0.3, 0.4) is 0 Å². The molecule has 1 aromatic heterocycles. The number of piperidine rings is 1. The summed E-state index contributed by atoms with van der Waals surface area (Å²) in [5.41, 5.74) is 2.36. The average molecular weight is 326 g/mol. The van der Waals surface area contributed by atoms with Crippen LogP contribution in [0.4, 0.5) is 0 Å². The summed E-state index contributed by atoms with van der Waals surface area (Å²) in [5.74, 6) is -0.876. The number of likely N-dealkylation sites (tertiary alicyclic amines) is 1. The van der Waals surface area contributed by atoms with E-state index in [-0.39, 0.29) is 6.10 Å². The average Bonchev–Trinajstić information content (AvgIpc) is 2.62. The highest BCUT2D eigenvalue weighted by atomic mass is 16.5. The van der Waals surface area contributed by atoms with Crippen LogP contribution in [0.1, 0.15) is 34.5 Å². The van der Waals surface area contributed by atoms with Crippen molar-refractivity contribution in [1.82, 2.24) is 9.88 Å². The molecule has 0 spiro atoms. The second-order valence-corrected chi connectivity index (χ2v) is 6.11. The summed E-state index contributed by atoms with van der Waals surface area (Å²) in [5, 5.41) is 9.07. The van der Waals surface area contributed by atoms with E-state index in [9.17, 15) is 4.79 Å². The van der Waals surface area contributed by atoms with Crippen molar-refractivity contribution in [2.24, 2.45) is 0 Å². The number of benzene rings is 1. The lowest BCUT2D eigenvalue weighted by atomic mass is 10.1. The van der Waals surface area contributed by atoms with Crippen molar-refractivity contribution in [3.8, 4) is 0 Å². The molecule has 0 amide bonds. The number of ether oxygens (including phenoxy) is 1. The molecule has 1 aromatic carbocycles. The summed E-state index contributed by atoms with van der Waals surface area (Å²) in [6.45, 7) is 3.27. The van der Waals surface area contributed by atoms with Gasteiger partial charge in [0, 0.05) is 25.8 Å². The van der Waals surface area contributed by atoms with Gasteiger partial charge in [-0.25, -0.2) is 4.79 Å². The summed E-state index contributed by atoms with van der Waals surface area (Å²) < 4.78 is 5.95. The van der Waals surface area contributed by atoms with Crippen molar-refractivity contribution in [2.75, 3.05) is 13.1 Å². The number of hydrogen-bond donors (Lipinski definition) is 1. The van der Waals surface area contributed by atoms with Crippen molar-refractivity contribution in [1.29, 1.82) is 0 Å². The van der Waals surface area contributed by atoms with E-state index in [0.717, 1.165) is 43.7 Å². The highest BCUT2D eigenvalue weighted by Gasteiger charge is 2.20. The van der Waals surface area contributed by atoms with Gasteiger partial charge in [-0.3, -0.25) is 9.88 Å². The lowest BCUT2D eigenvalue weighted by Crippen LogP contribution is -2.36. The van der Waals surface area contributed by atoms with Gasteiger partial charge < -0.3 is 9.84 Å². The molecule has 2 aromatic rings. The zero-order valence-corrected chi connectivity index (χ0v) is 13.6. The molecule has 2 heterocycles. The van der Waals surface area contributed by atoms with Crippen molar-refractivity contribution >= 4 is 5.97 Å². The number of carboxylic acids is 1. The van der Waals surface area contributed by atoms with Crippen LogP contribution in [-0.2, 0) is 17.9 Å². The summed E-state index contributed by atoms with van der Waals surface area (Å²) in [4.78, 5) is 17.7. The Balaban J connectivity index is 1.45. The molecular weight excluding hydrogens is 304 g/mol. The molecular formula is C19H22N2O3. The van der Waals surface area contributed by atoms with Crippen LogP contribution in [0.5, 0.6) is 0 Å². The van der Waals surface area contributed by atoms with Crippen molar-refractivity contribution in [2.45, 2.75) is 32.1 Å². The molecule has 0 aliphatic carbocycles. The largest absolute Gasteiger partial charge is 0.478 e. The monoisotopic (exact) mass is 326 g/mol.